The summed E-state index contributed by atoms with van der Waals surface area (Å²) in [6.07, 6.45) is 2.98. The number of amides is 3. The van der Waals surface area contributed by atoms with E-state index in [4.69, 9.17) is 10.8 Å². The van der Waals surface area contributed by atoms with Crippen LogP contribution in [0.1, 0.15) is 0 Å². The fourth-order valence-corrected chi connectivity index (χ4v) is 1.28. The summed E-state index contributed by atoms with van der Waals surface area (Å²) in [5.41, 5.74) is 4.97. The van der Waals surface area contributed by atoms with Crippen molar-refractivity contribution in [2.75, 3.05) is 26.2 Å². The second-order valence-electron chi connectivity index (χ2n) is 3.48. The number of primary amides is 1. The number of aliphatic carboxylic acids is 1. The van der Waals surface area contributed by atoms with Crippen LogP contribution in [0.3, 0.4) is 0 Å². The molecule has 0 aromatic carbocycles. The van der Waals surface area contributed by atoms with Crippen molar-refractivity contribution in [3.8, 4) is 0 Å². The van der Waals surface area contributed by atoms with E-state index in [1.54, 1.807) is 0 Å². The quantitative estimate of drug-likeness (QED) is 0.578. The van der Waals surface area contributed by atoms with Crippen molar-refractivity contribution in [2.45, 2.75) is 0 Å². The summed E-state index contributed by atoms with van der Waals surface area (Å²) in [5, 5.41) is 8.68. The van der Waals surface area contributed by atoms with Crippen molar-refractivity contribution < 1.29 is 19.5 Å². The molecule has 3 N–H and O–H groups in total. The van der Waals surface area contributed by atoms with E-state index in [2.05, 4.69) is 13.2 Å². The van der Waals surface area contributed by atoms with E-state index in [0.29, 0.717) is 0 Å². The molecule has 0 saturated carbocycles. The van der Waals surface area contributed by atoms with Gasteiger partial charge < -0.3 is 20.6 Å². The molecule has 0 fully saturated rings. The van der Waals surface area contributed by atoms with Gasteiger partial charge in [-0.3, -0.25) is 9.59 Å². The Labute approximate surface area is 105 Å². The Kier molecular flexibility index (Phi) is 6.87. The molecule has 0 aliphatic heterocycles. The molecule has 0 saturated heterocycles. The van der Waals surface area contributed by atoms with Crippen LogP contribution < -0.4 is 5.73 Å². The summed E-state index contributed by atoms with van der Waals surface area (Å²) in [6, 6.07) is -0.601. The maximum atomic E-state index is 12.0. The number of rotatable bonds is 8. The Hall–Kier alpha value is -2.31. The van der Waals surface area contributed by atoms with E-state index in [-0.39, 0.29) is 13.1 Å². The van der Waals surface area contributed by atoms with Crippen LogP contribution in [0.15, 0.2) is 25.3 Å². The number of carboxylic acids is 1. The van der Waals surface area contributed by atoms with Gasteiger partial charge in [-0.15, -0.1) is 13.2 Å². The van der Waals surface area contributed by atoms with Crippen LogP contribution in [0.2, 0.25) is 0 Å². The van der Waals surface area contributed by atoms with Crippen LogP contribution in [0, 0.1) is 0 Å². The molecule has 0 rings (SSSR count). The van der Waals surface area contributed by atoms with Crippen LogP contribution >= 0.6 is 0 Å². The molecular formula is C11H17N3O4. The second kappa shape index (κ2) is 7.88. The molecule has 0 aromatic rings. The van der Waals surface area contributed by atoms with E-state index in [1.165, 1.54) is 17.1 Å². The van der Waals surface area contributed by atoms with Gasteiger partial charge in [0.25, 0.3) is 0 Å². The van der Waals surface area contributed by atoms with Gasteiger partial charge in [-0.05, 0) is 0 Å². The Morgan fingerprint density at radius 1 is 1.06 bits per heavy atom. The number of hydrogen-bond donors (Lipinski definition) is 2. The maximum absolute atomic E-state index is 12.0. The van der Waals surface area contributed by atoms with Gasteiger partial charge in [0.05, 0.1) is 0 Å². The molecule has 0 radical (unpaired) electrons. The third-order valence-electron chi connectivity index (χ3n) is 1.91. The van der Waals surface area contributed by atoms with E-state index in [9.17, 15) is 14.4 Å². The zero-order valence-electron chi connectivity index (χ0n) is 10.0. The number of urea groups is 1. The van der Waals surface area contributed by atoms with Gasteiger partial charge in [0.2, 0.25) is 5.91 Å². The number of carbonyl (C=O) groups excluding carboxylic acids is 2. The molecule has 7 heteroatoms. The molecule has 0 heterocycles. The van der Waals surface area contributed by atoms with Gasteiger partial charge in [0, 0.05) is 13.1 Å². The predicted molar refractivity (Wildman–Crippen MR) is 65.8 cm³/mol. The molecule has 18 heavy (non-hydrogen) atoms. The van der Waals surface area contributed by atoms with Crippen molar-refractivity contribution in [3.05, 3.63) is 25.3 Å². The zero-order chi connectivity index (χ0) is 14.1. The third kappa shape index (κ3) is 5.69. The van der Waals surface area contributed by atoms with E-state index in [1.807, 2.05) is 0 Å². The number of nitrogens with zero attached hydrogens (tertiary/aromatic N) is 2. The van der Waals surface area contributed by atoms with Crippen molar-refractivity contribution in [3.63, 3.8) is 0 Å². The van der Waals surface area contributed by atoms with Crippen LogP contribution in [-0.4, -0.2) is 59.0 Å². The lowest BCUT2D eigenvalue weighted by Crippen LogP contribution is -2.48. The zero-order valence-corrected chi connectivity index (χ0v) is 10.0. The molecule has 100 valence electrons. The molecule has 0 aliphatic carbocycles. The summed E-state index contributed by atoms with van der Waals surface area (Å²) in [4.78, 5) is 35.6. The monoisotopic (exact) mass is 255 g/mol. The number of hydrogen-bond acceptors (Lipinski definition) is 3. The molecule has 0 unspecified atom stereocenters. The van der Waals surface area contributed by atoms with E-state index < -0.39 is 31.0 Å². The van der Waals surface area contributed by atoms with Crippen LogP contribution in [0.25, 0.3) is 0 Å². The average Bonchev–Trinajstić information content (AvgIpc) is 2.25. The Morgan fingerprint density at radius 2 is 1.56 bits per heavy atom. The van der Waals surface area contributed by atoms with Crippen molar-refractivity contribution in [1.82, 2.24) is 9.80 Å². The lowest BCUT2D eigenvalue weighted by molar-refractivity contribution is -0.138. The average molecular weight is 255 g/mol. The third-order valence-corrected chi connectivity index (χ3v) is 1.91. The van der Waals surface area contributed by atoms with Crippen molar-refractivity contribution in [2.24, 2.45) is 5.73 Å². The van der Waals surface area contributed by atoms with E-state index >= 15 is 0 Å². The van der Waals surface area contributed by atoms with Crippen molar-refractivity contribution in [1.29, 1.82) is 0 Å². The largest absolute Gasteiger partial charge is 0.480 e. The lowest BCUT2D eigenvalue weighted by atomic mass is 10.4. The van der Waals surface area contributed by atoms with Crippen LogP contribution in [0.5, 0.6) is 0 Å². The van der Waals surface area contributed by atoms with Gasteiger partial charge >= 0.3 is 12.0 Å². The Morgan fingerprint density at radius 3 is 1.89 bits per heavy atom. The maximum Gasteiger partial charge on any atom is 0.323 e. The summed E-state index contributed by atoms with van der Waals surface area (Å²) >= 11 is 0. The highest BCUT2D eigenvalue weighted by molar-refractivity contribution is 5.86. The molecule has 0 spiro atoms. The number of carboxylic acid groups (broad SMARTS) is 1. The van der Waals surface area contributed by atoms with Gasteiger partial charge in [-0.1, -0.05) is 12.2 Å². The topological polar surface area (TPSA) is 104 Å². The van der Waals surface area contributed by atoms with E-state index in [0.717, 1.165) is 4.90 Å². The SMILES string of the molecule is C=CCN(CC=C)C(=O)N(CC(N)=O)CC(=O)O. The van der Waals surface area contributed by atoms with Gasteiger partial charge in [-0.25, -0.2) is 4.79 Å². The highest BCUT2D eigenvalue weighted by atomic mass is 16.4. The van der Waals surface area contributed by atoms with Crippen LogP contribution in [-0.2, 0) is 9.59 Å². The molecule has 0 aromatic heterocycles. The van der Waals surface area contributed by atoms with Gasteiger partial charge in [0.15, 0.2) is 0 Å². The molecule has 0 aliphatic rings. The van der Waals surface area contributed by atoms with Crippen molar-refractivity contribution >= 4 is 17.9 Å². The molecule has 0 bridgehead atoms. The fraction of sp³-hybridized carbons (Fsp3) is 0.364. The first-order valence-corrected chi connectivity index (χ1v) is 5.18. The minimum atomic E-state index is -1.22. The molecule has 3 amide bonds. The highest BCUT2D eigenvalue weighted by Gasteiger charge is 2.22. The molecule has 7 nitrogen and oxygen atoms in total. The van der Waals surface area contributed by atoms with Gasteiger partial charge in [0.1, 0.15) is 13.1 Å². The summed E-state index contributed by atoms with van der Waals surface area (Å²) < 4.78 is 0. The first kappa shape index (κ1) is 15.7. The fourth-order valence-electron chi connectivity index (χ4n) is 1.28. The predicted octanol–water partition coefficient (Wildman–Crippen LogP) is -0.348. The Bertz CT molecular complexity index is 328. The normalized spacial score (nSPS) is 9.33. The molecule has 0 atom stereocenters. The lowest BCUT2D eigenvalue weighted by Gasteiger charge is -2.27. The summed E-state index contributed by atoms with van der Waals surface area (Å²) in [5.74, 6) is -2.00. The minimum Gasteiger partial charge on any atom is -0.480 e. The Balaban J connectivity index is 4.86. The summed E-state index contributed by atoms with van der Waals surface area (Å²) in [6.45, 7) is 6.39. The number of nitrogens with two attached hydrogens (primary N) is 1. The first-order valence-electron chi connectivity index (χ1n) is 5.18. The van der Waals surface area contributed by atoms with Crippen LogP contribution in [0.4, 0.5) is 4.79 Å². The highest BCUT2D eigenvalue weighted by Crippen LogP contribution is 2.00. The first-order chi connectivity index (χ1) is 8.42. The molecular weight excluding hydrogens is 238 g/mol. The second-order valence-corrected chi connectivity index (χ2v) is 3.48. The minimum absolute atomic E-state index is 0.222. The summed E-state index contributed by atoms with van der Waals surface area (Å²) in [7, 11) is 0. The standard InChI is InChI=1S/C11H17N3O4/c1-3-5-13(6-4-2)11(18)14(7-9(12)15)8-10(16)17/h3-4H,1-2,5-8H2,(H2,12,15)(H,16,17). The smallest absolute Gasteiger partial charge is 0.323 e. The van der Waals surface area contributed by atoms with Gasteiger partial charge in [-0.2, -0.15) is 0 Å². The number of carbonyl (C=O) groups is 3.